The number of aromatic nitrogens is 2. The van der Waals surface area contributed by atoms with E-state index in [2.05, 4.69) is 17.2 Å². The lowest BCUT2D eigenvalue weighted by molar-refractivity contribution is -0.121. The zero-order chi connectivity index (χ0) is 32.8. The maximum atomic E-state index is 12.9. The van der Waals surface area contributed by atoms with Gasteiger partial charge in [-0.1, -0.05) is 54.7 Å². The van der Waals surface area contributed by atoms with Crippen LogP contribution in [0.4, 0.5) is 0 Å². The molecule has 45 heavy (non-hydrogen) atoms. The van der Waals surface area contributed by atoms with Gasteiger partial charge in [0, 0.05) is 45.4 Å². The third-order valence-corrected chi connectivity index (χ3v) is 8.89. The van der Waals surface area contributed by atoms with Gasteiger partial charge < -0.3 is 24.3 Å². The molecule has 11 heteroatoms. The van der Waals surface area contributed by atoms with Crippen molar-refractivity contribution in [3.8, 4) is 23.0 Å². The highest BCUT2D eigenvalue weighted by Crippen LogP contribution is 2.39. The molecule has 0 saturated heterocycles. The maximum absolute atomic E-state index is 12.9. The highest BCUT2D eigenvalue weighted by Gasteiger charge is 2.26. The molecule has 1 heterocycles. The summed E-state index contributed by atoms with van der Waals surface area (Å²) < 4.78 is 12.7. The average Bonchev–Trinajstić information content (AvgIpc) is 3.45. The molecule has 0 aliphatic carbocycles. The third kappa shape index (κ3) is 7.98. The fourth-order valence-electron chi connectivity index (χ4n) is 5.50. The first kappa shape index (κ1) is 34.3. The van der Waals surface area contributed by atoms with Gasteiger partial charge in [-0.25, -0.2) is 10.3 Å². The Balaban J connectivity index is 1.51. The number of phenols is 2. The van der Waals surface area contributed by atoms with E-state index in [0.29, 0.717) is 56.4 Å². The molecule has 0 bridgehead atoms. The number of phenolic OH excluding ortho intramolecular Hbond substituents is 2. The van der Waals surface area contributed by atoms with Crippen LogP contribution in [0.3, 0.4) is 0 Å². The lowest BCUT2D eigenvalue weighted by Gasteiger charge is -2.24. The van der Waals surface area contributed by atoms with Crippen LogP contribution < -0.4 is 14.8 Å². The van der Waals surface area contributed by atoms with E-state index >= 15 is 0 Å². The molecule has 2 N–H and O–H groups in total. The average molecular weight is 674 g/mol. The van der Waals surface area contributed by atoms with E-state index in [9.17, 15) is 15.0 Å². The van der Waals surface area contributed by atoms with E-state index in [-0.39, 0.29) is 42.2 Å². The molecule has 1 amide bonds. The number of nitrogens with zero attached hydrogens (tertiary/aromatic N) is 3. The minimum atomic E-state index is -0.420. The van der Waals surface area contributed by atoms with Crippen LogP contribution in [0, 0.1) is 5.92 Å². The highest BCUT2D eigenvalue weighted by molar-refractivity contribution is 6.33. The molecule has 0 aliphatic heterocycles. The number of carbonyl (C=O) groups is 1. The number of aromatic hydroxyl groups is 2. The molecule has 4 aromatic rings. The van der Waals surface area contributed by atoms with Crippen molar-refractivity contribution in [3.63, 3.8) is 0 Å². The summed E-state index contributed by atoms with van der Waals surface area (Å²) in [6, 6.07) is 13.1. The van der Waals surface area contributed by atoms with Gasteiger partial charge in [0.15, 0.2) is 11.5 Å². The summed E-state index contributed by atoms with van der Waals surface area (Å²) in [4.78, 5) is 17.6. The number of rotatable bonds is 13. The van der Waals surface area contributed by atoms with Gasteiger partial charge in [-0.3, -0.25) is 4.79 Å². The topological polar surface area (TPSA) is 108 Å². The van der Waals surface area contributed by atoms with E-state index in [4.69, 9.17) is 44.3 Å². The SMILES string of the molecule is COc1ccc(CC(C)CCC(=O)[N]Cc2ncc(C(C)c3cc(Cl)ccc3O)n2C(C)c2cc(Cl)ccc2O)c(Cl)c1OC. The molecule has 4 rings (SSSR count). The molecule has 3 unspecified atom stereocenters. The normalized spacial score (nSPS) is 13.2. The van der Waals surface area contributed by atoms with Gasteiger partial charge in [-0.2, -0.15) is 0 Å². The van der Waals surface area contributed by atoms with Gasteiger partial charge in [0.25, 0.3) is 0 Å². The first-order valence-electron chi connectivity index (χ1n) is 14.6. The number of imidazole rings is 1. The van der Waals surface area contributed by atoms with Crippen LogP contribution >= 0.6 is 34.8 Å². The van der Waals surface area contributed by atoms with E-state index in [1.165, 1.54) is 0 Å². The predicted molar refractivity (Wildman–Crippen MR) is 177 cm³/mol. The molecule has 3 atom stereocenters. The third-order valence-electron chi connectivity index (χ3n) is 8.01. The second kappa shape index (κ2) is 15.1. The van der Waals surface area contributed by atoms with Gasteiger partial charge in [0.05, 0.1) is 25.3 Å². The molecule has 1 aromatic heterocycles. The summed E-state index contributed by atoms with van der Waals surface area (Å²) in [5, 5.41) is 27.1. The number of hydrogen-bond acceptors (Lipinski definition) is 6. The number of methoxy groups -OCH3 is 2. The number of carbonyl (C=O) groups excluding carboxylic acids is 1. The molecule has 3 aromatic carbocycles. The van der Waals surface area contributed by atoms with Gasteiger partial charge >= 0.3 is 0 Å². The van der Waals surface area contributed by atoms with Crippen molar-refractivity contribution in [1.82, 2.24) is 14.9 Å². The monoisotopic (exact) mass is 672 g/mol. The number of hydrogen-bond donors (Lipinski definition) is 2. The van der Waals surface area contributed by atoms with Crippen molar-refractivity contribution in [1.29, 1.82) is 0 Å². The first-order chi connectivity index (χ1) is 21.4. The first-order valence-corrected chi connectivity index (χ1v) is 15.7. The van der Waals surface area contributed by atoms with Crippen molar-refractivity contribution in [3.05, 3.63) is 98.0 Å². The Bertz CT molecular complexity index is 1660. The molecule has 0 spiro atoms. The Morgan fingerprint density at radius 1 is 0.933 bits per heavy atom. The minimum absolute atomic E-state index is 0.0363. The predicted octanol–water partition coefficient (Wildman–Crippen LogP) is 8.32. The molecule has 0 saturated carbocycles. The van der Waals surface area contributed by atoms with Gasteiger partial charge in [0.2, 0.25) is 5.91 Å². The fourth-order valence-corrected chi connectivity index (χ4v) is 6.17. The van der Waals surface area contributed by atoms with E-state index in [1.807, 2.05) is 30.5 Å². The zero-order valence-corrected chi connectivity index (χ0v) is 28.1. The van der Waals surface area contributed by atoms with Crippen LogP contribution in [0.25, 0.3) is 0 Å². The molecule has 239 valence electrons. The van der Waals surface area contributed by atoms with Crippen LogP contribution in [0.5, 0.6) is 23.0 Å². The summed E-state index contributed by atoms with van der Waals surface area (Å²) in [5.41, 5.74) is 2.87. The van der Waals surface area contributed by atoms with Crippen LogP contribution in [-0.2, 0) is 17.8 Å². The van der Waals surface area contributed by atoms with E-state index in [1.54, 1.807) is 56.8 Å². The van der Waals surface area contributed by atoms with Gasteiger partial charge in [0.1, 0.15) is 23.9 Å². The fraction of sp³-hybridized carbons (Fsp3) is 0.353. The van der Waals surface area contributed by atoms with Crippen molar-refractivity contribution >= 4 is 40.7 Å². The lowest BCUT2D eigenvalue weighted by Crippen LogP contribution is -2.21. The standard InChI is InChI=1S/C34H37Cl3N3O5/c1-19(14-22-7-12-30(44-4)34(45-5)33(22)37)6-13-32(43)39-18-31-38-17-27(20(2)25-15-23(35)8-10-28(25)41)40(31)21(3)26-16-24(36)9-11-29(26)42/h7-12,15-17,19-21,41-42H,6,13-14,18H2,1-5H3. The van der Waals surface area contributed by atoms with Crippen molar-refractivity contribution < 1.29 is 24.5 Å². The molecule has 1 radical (unpaired) electrons. The quantitative estimate of drug-likeness (QED) is 0.148. The summed E-state index contributed by atoms with van der Waals surface area (Å²) in [6.07, 6.45) is 3.24. The smallest absolute Gasteiger partial charge is 0.241 e. The Morgan fingerprint density at radius 2 is 1.58 bits per heavy atom. The Kier molecular flexibility index (Phi) is 11.5. The second-order valence-corrected chi connectivity index (χ2v) is 12.4. The van der Waals surface area contributed by atoms with Crippen molar-refractivity contribution in [2.75, 3.05) is 14.2 Å². The summed E-state index contributed by atoms with van der Waals surface area (Å²) >= 11 is 19.1. The zero-order valence-electron chi connectivity index (χ0n) is 25.9. The Labute approximate surface area is 278 Å². The van der Waals surface area contributed by atoms with E-state index in [0.717, 1.165) is 11.3 Å². The number of amides is 1. The molecular formula is C34H37Cl3N3O5. The highest BCUT2D eigenvalue weighted by atomic mass is 35.5. The van der Waals surface area contributed by atoms with Gasteiger partial charge in [-0.15, -0.1) is 0 Å². The number of ether oxygens (including phenoxy) is 2. The van der Waals surface area contributed by atoms with Crippen LogP contribution in [0.2, 0.25) is 15.1 Å². The maximum Gasteiger partial charge on any atom is 0.241 e. The molecule has 0 fully saturated rings. The van der Waals surface area contributed by atoms with Crippen molar-refractivity contribution in [2.45, 2.75) is 58.5 Å². The number of benzene rings is 3. The Morgan fingerprint density at radius 3 is 2.22 bits per heavy atom. The second-order valence-electron chi connectivity index (χ2n) is 11.1. The summed E-state index contributed by atoms with van der Waals surface area (Å²) in [6.45, 7) is 5.94. The van der Waals surface area contributed by atoms with Crippen LogP contribution in [0.15, 0.2) is 54.7 Å². The number of halogens is 3. The molecule has 8 nitrogen and oxygen atoms in total. The largest absolute Gasteiger partial charge is 0.508 e. The van der Waals surface area contributed by atoms with Gasteiger partial charge in [-0.05, 0) is 73.7 Å². The van der Waals surface area contributed by atoms with E-state index < -0.39 is 6.04 Å². The summed E-state index contributed by atoms with van der Waals surface area (Å²) in [7, 11) is 3.11. The molecular weight excluding hydrogens is 637 g/mol. The van der Waals surface area contributed by atoms with Crippen molar-refractivity contribution in [2.24, 2.45) is 5.92 Å². The Hall–Kier alpha value is -3.59. The van der Waals surface area contributed by atoms with Crippen LogP contribution in [-0.4, -0.2) is 39.9 Å². The van der Waals surface area contributed by atoms with Crippen LogP contribution in [0.1, 0.15) is 73.8 Å². The minimum Gasteiger partial charge on any atom is -0.508 e. The lowest BCUT2D eigenvalue weighted by atomic mass is 9.96. The summed E-state index contributed by atoms with van der Waals surface area (Å²) in [5.74, 6) is 1.35. The molecule has 0 aliphatic rings.